The maximum absolute atomic E-state index is 12.0. The summed E-state index contributed by atoms with van der Waals surface area (Å²) in [4.78, 5) is 13.1. The van der Waals surface area contributed by atoms with Crippen molar-refractivity contribution in [3.8, 4) is 0 Å². The first-order chi connectivity index (χ1) is 11.2. The molecule has 0 spiro atoms. The third-order valence-corrected chi connectivity index (χ3v) is 4.82. The van der Waals surface area contributed by atoms with Crippen LogP contribution in [0.15, 0.2) is 70.5 Å². The molecule has 1 heterocycles. The molecule has 1 amide bonds. The lowest BCUT2D eigenvalue weighted by atomic mass is 10.2. The summed E-state index contributed by atoms with van der Waals surface area (Å²) in [6, 6.07) is 21.6. The van der Waals surface area contributed by atoms with Crippen molar-refractivity contribution in [2.24, 2.45) is 0 Å². The number of halogens is 1. The summed E-state index contributed by atoms with van der Waals surface area (Å²) in [5.41, 5.74) is 2.81. The molecule has 2 aromatic carbocycles. The Morgan fingerprint density at radius 1 is 0.870 bits per heavy atom. The topological polar surface area (TPSA) is 41.1 Å². The Hall–Kier alpha value is -2.11. The summed E-state index contributed by atoms with van der Waals surface area (Å²) in [5, 5.41) is 6.23. The maximum atomic E-state index is 12.0. The van der Waals surface area contributed by atoms with E-state index in [1.54, 1.807) is 11.3 Å². The predicted octanol–water partition coefficient (Wildman–Crippen LogP) is 5.44. The van der Waals surface area contributed by atoms with Crippen molar-refractivity contribution in [2.45, 2.75) is 6.42 Å². The van der Waals surface area contributed by atoms with Gasteiger partial charge in [0.05, 0.1) is 10.2 Å². The zero-order valence-corrected chi connectivity index (χ0v) is 14.7. The third-order valence-electron chi connectivity index (χ3n) is 3.19. The fraction of sp³-hybridized carbons (Fsp3) is 0.0556. The SMILES string of the molecule is O=C(Cc1ccc(Br)s1)Nc1ccc(Nc2ccccc2)cc1. The van der Waals surface area contributed by atoms with Crippen molar-refractivity contribution in [1.82, 2.24) is 0 Å². The average molecular weight is 387 g/mol. The van der Waals surface area contributed by atoms with Crippen molar-refractivity contribution < 1.29 is 4.79 Å². The van der Waals surface area contributed by atoms with Crippen LogP contribution in [-0.2, 0) is 11.2 Å². The molecule has 0 saturated heterocycles. The van der Waals surface area contributed by atoms with Crippen LogP contribution in [0.4, 0.5) is 17.1 Å². The number of rotatable bonds is 5. The lowest BCUT2D eigenvalue weighted by Crippen LogP contribution is -2.13. The first kappa shape index (κ1) is 15.8. The highest BCUT2D eigenvalue weighted by molar-refractivity contribution is 9.11. The van der Waals surface area contributed by atoms with Crippen LogP contribution in [-0.4, -0.2) is 5.91 Å². The van der Waals surface area contributed by atoms with Gasteiger partial charge in [-0.15, -0.1) is 11.3 Å². The Kier molecular flexibility index (Phi) is 5.10. The molecule has 0 aliphatic heterocycles. The second kappa shape index (κ2) is 7.44. The van der Waals surface area contributed by atoms with E-state index in [0.717, 1.165) is 25.7 Å². The van der Waals surface area contributed by atoms with Crippen LogP contribution >= 0.6 is 27.3 Å². The van der Waals surface area contributed by atoms with Crippen molar-refractivity contribution in [3.63, 3.8) is 0 Å². The van der Waals surface area contributed by atoms with Gasteiger partial charge in [-0.05, 0) is 64.5 Å². The molecule has 3 rings (SSSR count). The van der Waals surface area contributed by atoms with E-state index in [0.29, 0.717) is 6.42 Å². The maximum Gasteiger partial charge on any atom is 0.229 e. The summed E-state index contributed by atoms with van der Waals surface area (Å²) in [6.45, 7) is 0. The number of benzene rings is 2. The van der Waals surface area contributed by atoms with Crippen LogP contribution in [0, 0.1) is 0 Å². The second-order valence-corrected chi connectivity index (χ2v) is 7.55. The second-order valence-electron chi connectivity index (χ2n) is 5.00. The largest absolute Gasteiger partial charge is 0.356 e. The quantitative estimate of drug-likeness (QED) is 0.613. The molecule has 0 aliphatic rings. The van der Waals surface area contributed by atoms with E-state index >= 15 is 0 Å². The molecule has 0 aliphatic carbocycles. The van der Waals surface area contributed by atoms with Crippen molar-refractivity contribution in [1.29, 1.82) is 0 Å². The molecule has 0 saturated carbocycles. The van der Waals surface area contributed by atoms with Gasteiger partial charge in [-0.25, -0.2) is 0 Å². The molecule has 2 N–H and O–H groups in total. The zero-order chi connectivity index (χ0) is 16.1. The summed E-state index contributed by atoms with van der Waals surface area (Å²) in [7, 11) is 0. The fourth-order valence-corrected chi connectivity index (χ4v) is 3.62. The van der Waals surface area contributed by atoms with Gasteiger partial charge in [0.15, 0.2) is 0 Å². The number of hydrogen-bond donors (Lipinski definition) is 2. The van der Waals surface area contributed by atoms with Crippen LogP contribution in [0.5, 0.6) is 0 Å². The van der Waals surface area contributed by atoms with Crippen molar-refractivity contribution in [3.05, 3.63) is 75.4 Å². The van der Waals surface area contributed by atoms with Gasteiger partial charge in [0.2, 0.25) is 5.91 Å². The number of hydrogen-bond acceptors (Lipinski definition) is 3. The molecule has 0 radical (unpaired) electrons. The van der Waals surface area contributed by atoms with E-state index < -0.39 is 0 Å². The highest BCUT2D eigenvalue weighted by Crippen LogP contribution is 2.23. The number of amides is 1. The number of carbonyl (C=O) groups excluding carboxylic acids is 1. The fourth-order valence-electron chi connectivity index (χ4n) is 2.14. The lowest BCUT2D eigenvalue weighted by molar-refractivity contribution is -0.115. The van der Waals surface area contributed by atoms with E-state index in [1.807, 2.05) is 66.7 Å². The van der Waals surface area contributed by atoms with Gasteiger partial charge in [-0.1, -0.05) is 18.2 Å². The number of para-hydroxylation sites is 1. The van der Waals surface area contributed by atoms with Crippen LogP contribution in [0.1, 0.15) is 4.88 Å². The van der Waals surface area contributed by atoms with E-state index in [9.17, 15) is 4.79 Å². The number of carbonyl (C=O) groups is 1. The summed E-state index contributed by atoms with van der Waals surface area (Å²) < 4.78 is 1.04. The molecule has 23 heavy (non-hydrogen) atoms. The van der Waals surface area contributed by atoms with Gasteiger partial charge in [0, 0.05) is 21.9 Å². The minimum atomic E-state index is -0.0110. The summed E-state index contributed by atoms with van der Waals surface area (Å²) in [5.74, 6) is -0.0110. The summed E-state index contributed by atoms with van der Waals surface area (Å²) >= 11 is 4.98. The highest BCUT2D eigenvalue weighted by atomic mass is 79.9. The molecule has 3 aromatic rings. The molecule has 5 heteroatoms. The number of nitrogens with one attached hydrogen (secondary N) is 2. The predicted molar refractivity (Wildman–Crippen MR) is 101 cm³/mol. The average Bonchev–Trinajstić information content (AvgIpc) is 2.95. The zero-order valence-electron chi connectivity index (χ0n) is 12.3. The van der Waals surface area contributed by atoms with Gasteiger partial charge in [-0.3, -0.25) is 4.79 Å². The Balaban J connectivity index is 1.57. The highest BCUT2D eigenvalue weighted by Gasteiger charge is 2.06. The van der Waals surface area contributed by atoms with Gasteiger partial charge in [-0.2, -0.15) is 0 Å². The number of thiophene rings is 1. The third kappa shape index (κ3) is 4.68. The minimum absolute atomic E-state index is 0.0110. The van der Waals surface area contributed by atoms with Crippen molar-refractivity contribution >= 4 is 50.2 Å². The normalized spacial score (nSPS) is 10.3. The molecule has 1 aromatic heterocycles. The van der Waals surface area contributed by atoms with Crippen LogP contribution < -0.4 is 10.6 Å². The van der Waals surface area contributed by atoms with Crippen LogP contribution in [0.2, 0.25) is 0 Å². The molecule has 0 unspecified atom stereocenters. The monoisotopic (exact) mass is 386 g/mol. The number of anilines is 3. The molecule has 116 valence electrons. The van der Waals surface area contributed by atoms with Crippen LogP contribution in [0.25, 0.3) is 0 Å². The van der Waals surface area contributed by atoms with E-state index in [4.69, 9.17) is 0 Å². The Bertz CT molecular complexity index is 784. The van der Waals surface area contributed by atoms with Crippen LogP contribution in [0.3, 0.4) is 0 Å². The lowest BCUT2D eigenvalue weighted by Gasteiger charge is -2.08. The molecular formula is C18H15BrN2OS. The van der Waals surface area contributed by atoms with E-state index in [2.05, 4.69) is 26.6 Å². The van der Waals surface area contributed by atoms with Gasteiger partial charge in [0.25, 0.3) is 0 Å². The molecule has 0 atom stereocenters. The molecule has 3 nitrogen and oxygen atoms in total. The first-order valence-corrected chi connectivity index (χ1v) is 8.76. The van der Waals surface area contributed by atoms with E-state index in [-0.39, 0.29) is 5.91 Å². The Morgan fingerprint density at radius 3 is 2.17 bits per heavy atom. The van der Waals surface area contributed by atoms with E-state index in [1.165, 1.54) is 0 Å². The standard InChI is InChI=1S/C18H15BrN2OS/c19-17-11-10-16(23-17)12-18(22)21-15-8-6-14(7-9-15)20-13-4-2-1-3-5-13/h1-11,20H,12H2,(H,21,22). The van der Waals surface area contributed by atoms with Crippen molar-refractivity contribution in [2.75, 3.05) is 10.6 Å². The van der Waals surface area contributed by atoms with Gasteiger partial charge < -0.3 is 10.6 Å². The Labute approximate surface area is 147 Å². The first-order valence-electron chi connectivity index (χ1n) is 7.15. The smallest absolute Gasteiger partial charge is 0.229 e. The minimum Gasteiger partial charge on any atom is -0.356 e. The molecular weight excluding hydrogens is 372 g/mol. The summed E-state index contributed by atoms with van der Waals surface area (Å²) in [6.07, 6.45) is 0.389. The molecule has 0 bridgehead atoms. The Morgan fingerprint density at radius 2 is 1.52 bits per heavy atom. The van der Waals surface area contributed by atoms with Gasteiger partial charge in [0.1, 0.15) is 0 Å². The van der Waals surface area contributed by atoms with Gasteiger partial charge >= 0.3 is 0 Å². The molecule has 0 fully saturated rings.